The molecule has 2 heterocycles. The molecule has 1 fully saturated rings. The third kappa shape index (κ3) is 4.51. The number of likely N-dealkylation sites (tertiary alicyclic amines) is 1. The summed E-state index contributed by atoms with van der Waals surface area (Å²) < 4.78 is 0. The van der Waals surface area contributed by atoms with Crippen LogP contribution in [0.4, 0.5) is 0 Å². The van der Waals surface area contributed by atoms with Gasteiger partial charge in [0.1, 0.15) is 0 Å². The summed E-state index contributed by atoms with van der Waals surface area (Å²) in [5.41, 5.74) is 0.582. The molecular weight excluding hydrogens is 266 g/mol. The Morgan fingerprint density at radius 1 is 1.57 bits per heavy atom. The standard InChI is InChI=1S/C16H25N3O2/c1-12(2)5-7-19-10-14(8-15(19)11-20)18-16(21)13-4-3-6-17-9-13/h3-4,6,9,12,14-15,20H,5,7-8,10-11H2,1-2H3,(H,18,21)/t14-,15-/m0/s1. The van der Waals surface area contributed by atoms with Gasteiger partial charge in [-0.25, -0.2) is 0 Å². The van der Waals surface area contributed by atoms with Crippen molar-refractivity contribution >= 4 is 5.91 Å². The number of aliphatic hydroxyl groups excluding tert-OH is 1. The van der Waals surface area contributed by atoms with Crippen molar-refractivity contribution in [3.63, 3.8) is 0 Å². The fourth-order valence-electron chi connectivity index (χ4n) is 2.74. The molecule has 116 valence electrons. The Balaban J connectivity index is 1.89. The second-order valence-corrected chi connectivity index (χ2v) is 6.16. The van der Waals surface area contributed by atoms with Gasteiger partial charge in [0.15, 0.2) is 0 Å². The van der Waals surface area contributed by atoms with Crippen LogP contribution in [0.3, 0.4) is 0 Å². The van der Waals surface area contributed by atoms with E-state index in [-0.39, 0.29) is 24.6 Å². The zero-order chi connectivity index (χ0) is 15.2. The third-order valence-electron chi connectivity index (χ3n) is 3.99. The molecule has 0 bridgehead atoms. The largest absolute Gasteiger partial charge is 0.395 e. The first-order valence-electron chi connectivity index (χ1n) is 7.66. The fourth-order valence-corrected chi connectivity index (χ4v) is 2.74. The number of carbonyl (C=O) groups excluding carboxylic acids is 1. The molecule has 1 aromatic rings. The Bertz CT molecular complexity index is 450. The van der Waals surface area contributed by atoms with E-state index >= 15 is 0 Å². The molecule has 1 aromatic heterocycles. The van der Waals surface area contributed by atoms with Gasteiger partial charge in [-0.3, -0.25) is 14.7 Å². The van der Waals surface area contributed by atoms with Gasteiger partial charge >= 0.3 is 0 Å². The second kappa shape index (κ2) is 7.52. The van der Waals surface area contributed by atoms with Gasteiger partial charge in [0.05, 0.1) is 12.2 Å². The quantitative estimate of drug-likeness (QED) is 0.829. The molecule has 0 unspecified atom stereocenters. The van der Waals surface area contributed by atoms with Crippen LogP contribution in [-0.2, 0) is 0 Å². The maximum absolute atomic E-state index is 12.1. The van der Waals surface area contributed by atoms with E-state index < -0.39 is 0 Å². The minimum Gasteiger partial charge on any atom is -0.395 e. The number of aromatic nitrogens is 1. The summed E-state index contributed by atoms with van der Waals surface area (Å²) in [5.74, 6) is 0.559. The Morgan fingerprint density at radius 3 is 3.00 bits per heavy atom. The fraction of sp³-hybridized carbons (Fsp3) is 0.625. The van der Waals surface area contributed by atoms with E-state index in [1.54, 1.807) is 24.5 Å². The molecule has 1 amide bonds. The summed E-state index contributed by atoms with van der Waals surface area (Å²) in [4.78, 5) is 18.4. The lowest BCUT2D eigenvalue weighted by molar-refractivity contribution is 0.0937. The van der Waals surface area contributed by atoms with E-state index in [1.807, 2.05) is 0 Å². The normalized spacial score (nSPS) is 22.7. The average Bonchev–Trinajstić information content (AvgIpc) is 2.88. The van der Waals surface area contributed by atoms with E-state index in [0.29, 0.717) is 11.5 Å². The van der Waals surface area contributed by atoms with E-state index in [4.69, 9.17) is 0 Å². The molecule has 21 heavy (non-hydrogen) atoms. The van der Waals surface area contributed by atoms with Gasteiger partial charge < -0.3 is 10.4 Å². The van der Waals surface area contributed by atoms with Crippen LogP contribution in [-0.4, -0.2) is 52.7 Å². The molecule has 5 nitrogen and oxygen atoms in total. The molecule has 0 spiro atoms. The smallest absolute Gasteiger partial charge is 0.253 e. The van der Waals surface area contributed by atoms with Gasteiger partial charge in [0.25, 0.3) is 5.91 Å². The van der Waals surface area contributed by atoms with Gasteiger partial charge in [0.2, 0.25) is 0 Å². The molecule has 1 aliphatic rings. The summed E-state index contributed by atoms with van der Waals surface area (Å²) in [6.07, 6.45) is 5.15. The lowest BCUT2D eigenvalue weighted by Crippen LogP contribution is -2.37. The number of hydrogen-bond donors (Lipinski definition) is 2. The van der Waals surface area contributed by atoms with Gasteiger partial charge in [0, 0.05) is 31.0 Å². The number of carbonyl (C=O) groups is 1. The molecular formula is C16H25N3O2. The first-order chi connectivity index (χ1) is 10.1. The van der Waals surface area contributed by atoms with Gasteiger partial charge in [-0.15, -0.1) is 0 Å². The highest BCUT2D eigenvalue weighted by atomic mass is 16.3. The molecule has 0 aromatic carbocycles. The number of pyridine rings is 1. The minimum atomic E-state index is -0.0875. The monoisotopic (exact) mass is 291 g/mol. The maximum Gasteiger partial charge on any atom is 0.253 e. The Morgan fingerprint density at radius 2 is 2.38 bits per heavy atom. The topological polar surface area (TPSA) is 65.5 Å². The predicted molar refractivity (Wildman–Crippen MR) is 82.0 cm³/mol. The number of hydrogen-bond acceptors (Lipinski definition) is 4. The Labute approximate surface area is 126 Å². The van der Waals surface area contributed by atoms with E-state index in [1.165, 1.54) is 0 Å². The van der Waals surface area contributed by atoms with Crippen LogP contribution in [0.25, 0.3) is 0 Å². The summed E-state index contributed by atoms with van der Waals surface area (Å²) in [6.45, 7) is 6.33. The molecule has 2 rings (SSSR count). The highest BCUT2D eigenvalue weighted by molar-refractivity contribution is 5.94. The van der Waals surface area contributed by atoms with Crippen LogP contribution in [0.15, 0.2) is 24.5 Å². The molecule has 2 atom stereocenters. The first-order valence-corrected chi connectivity index (χ1v) is 7.66. The van der Waals surface area contributed by atoms with Gasteiger partial charge in [-0.1, -0.05) is 13.8 Å². The highest BCUT2D eigenvalue weighted by Crippen LogP contribution is 2.19. The second-order valence-electron chi connectivity index (χ2n) is 6.16. The zero-order valence-electron chi connectivity index (χ0n) is 12.8. The van der Waals surface area contributed by atoms with E-state index in [9.17, 15) is 9.90 Å². The van der Waals surface area contributed by atoms with Crippen molar-refractivity contribution < 1.29 is 9.90 Å². The Kier molecular flexibility index (Phi) is 5.70. The van der Waals surface area contributed by atoms with Crippen LogP contribution in [0.1, 0.15) is 37.0 Å². The molecule has 0 aliphatic carbocycles. The van der Waals surface area contributed by atoms with E-state index in [0.717, 1.165) is 25.9 Å². The first kappa shape index (κ1) is 15.9. The number of nitrogens with zero attached hydrogens (tertiary/aromatic N) is 2. The van der Waals surface area contributed by atoms with Crippen molar-refractivity contribution in [3.05, 3.63) is 30.1 Å². The van der Waals surface area contributed by atoms with Crippen molar-refractivity contribution in [3.8, 4) is 0 Å². The lowest BCUT2D eigenvalue weighted by Gasteiger charge is -2.23. The molecule has 1 saturated heterocycles. The van der Waals surface area contributed by atoms with Crippen LogP contribution < -0.4 is 5.32 Å². The van der Waals surface area contributed by atoms with Crippen LogP contribution >= 0.6 is 0 Å². The van der Waals surface area contributed by atoms with Crippen molar-refractivity contribution in [2.45, 2.75) is 38.8 Å². The van der Waals surface area contributed by atoms with Crippen LogP contribution in [0.5, 0.6) is 0 Å². The van der Waals surface area contributed by atoms with Crippen molar-refractivity contribution in [1.82, 2.24) is 15.2 Å². The molecule has 0 radical (unpaired) electrons. The maximum atomic E-state index is 12.1. The van der Waals surface area contributed by atoms with Crippen molar-refractivity contribution in [2.24, 2.45) is 5.92 Å². The SMILES string of the molecule is CC(C)CCN1C[C@@H](NC(=O)c2cccnc2)C[C@H]1CO. The number of rotatable bonds is 6. The van der Waals surface area contributed by atoms with Crippen LogP contribution in [0, 0.1) is 5.92 Å². The molecule has 5 heteroatoms. The number of nitrogens with one attached hydrogen (secondary N) is 1. The lowest BCUT2D eigenvalue weighted by atomic mass is 10.1. The zero-order valence-corrected chi connectivity index (χ0v) is 12.8. The van der Waals surface area contributed by atoms with Crippen LogP contribution in [0.2, 0.25) is 0 Å². The number of aliphatic hydroxyl groups is 1. The number of amides is 1. The molecule has 1 aliphatic heterocycles. The molecule has 2 N–H and O–H groups in total. The summed E-state index contributed by atoms with van der Waals surface area (Å²) >= 11 is 0. The molecule has 0 saturated carbocycles. The van der Waals surface area contributed by atoms with Crippen molar-refractivity contribution in [1.29, 1.82) is 0 Å². The highest BCUT2D eigenvalue weighted by Gasteiger charge is 2.32. The summed E-state index contributed by atoms with van der Waals surface area (Å²) in [5, 5.41) is 12.6. The average molecular weight is 291 g/mol. The summed E-state index contributed by atoms with van der Waals surface area (Å²) in [6, 6.07) is 3.77. The predicted octanol–water partition coefficient (Wildman–Crippen LogP) is 1.29. The van der Waals surface area contributed by atoms with Gasteiger partial charge in [-0.05, 0) is 37.4 Å². The Hall–Kier alpha value is -1.46. The third-order valence-corrected chi connectivity index (χ3v) is 3.99. The van der Waals surface area contributed by atoms with Gasteiger partial charge in [-0.2, -0.15) is 0 Å². The minimum absolute atomic E-state index is 0.0875. The summed E-state index contributed by atoms with van der Waals surface area (Å²) in [7, 11) is 0. The van der Waals surface area contributed by atoms with E-state index in [2.05, 4.69) is 29.0 Å². The van der Waals surface area contributed by atoms with Crippen molar-refractivity contribution in [2.75, 3.05) is 19.7 Å².